The number of hydrogen-bond acceptors (Lipinski definition) is 4. The Morgan fingerprint density at radius 1 is 1.04 bits per heavy atom. The third-order valence-electron chi connectivity index (χ3n) is 3.83. The molecule has 0 unspecified atom stereocenters. The number of hydrogen-bond donors (Lipinski definition) is 1. The van der Waals surface area contributed by atoms with E-state index in [1.807, 2.05) is 30.3 Å². The lowest BCUT2D eigenvalue weighted by molar-refractivity contribution is 0.0699. The van der Waals surface area contributed by atoms with Crippen LogP contribution in [-0.2, 0) is 0 Å². The minimum Gasteiger partial charge on any atom is -0.493 e. The summed E-state index contributed by atoms with van der Waals surface area (Å²) >= 11 is 0. The summed E-state index contributed by atoms with van der Waals surface area (Å²) in [5, 5.41) is 10.1. The fourth-order valence-electron chi connectivity index (χ4n) is 2.68. The molecule has 0 aliphatic heterocycles. The first kappa shape index (κ1) is 16.5. The molecular formula is C20H17NO4. The van der Waals surface area contributed by atoms with Crippen LogP contribution >= 0.6 is 0 Å². The summed E-state index contributed by atoms with van der Waals surface area (Å²) in [5.74, 6) is 0.259. The summed E-state index contributed by atoms with van der Waals surface area (Å²) in [6.07, 6.45) is 3.58. The lowest BCUT2D eigenvalue weighted by Crippen LogP contribution is -2.00. The number of aromatic nitrogens is 1. The van der Waals surface area contributed by atoms with Gasteiger partial charge in [-0.3, -0.25) is 0 Å². The molecule has 3 rings (SSSR count). The average molecular weight is 335 g/mol. The van der Waals surface area contributed by atoms with Crippen molar-refractivity contribution in [3.63, 3.8) is 0 Å². The number of pyridine rings is 1. The molecule has 1 heterocycles. The first-order valence-electron chi connectivity index (χ1n) is 7.66. The van der Waals surface area contributed by atoms with Crippen LogP contribution < -0.4 is 9.47 Å². The summed E-state index contributed by atoms with van der Waals surface area (Å²) in [4.78, 5) is 16.0. The molecule has 0 spiro atoms. The summed E-state index contributed by atoms with van der Waals surface area (Å²) < 4.78 is 10.7. The summed E-state index contributed by atoms with van der Waals surface area (Å²) in [5.41, 5.74) is 2.23. The second-order valence-electron chi connectivity index (χ2n) is 5.33. The highest BCUT2D eigenvalue weighted by Crippen LogP contribution is 2.32. The third-order valence-corrected chi connectivity index (χ3v) is 3.83. The normalized spacial score (nSPS) is 11.0. The molecule has 0 saturated carbocycles. The molecule has 1 aromatic heterocycles. The van der Waals surface area contributed by atoms with Crippen molar-refractivity contribution >= 4 is 29.0 Å². The molecule has 0 amide bonds. The highest BCUT2D eigenvalue weighted by atomic mass is 16.5. The lowest BCUT2D eigenvalue weighted by Gasteiger charge is -2.10. The Morgan fingerprint density at radius 3 is 2.56 bits per heavy atom. The first-order chi connectivity index (χ1) is 12.1. The van der Waals surface area contributed by atoms with Crippen molar-refractivity contribution in [1.29, 1.82) is 0 Å². The van der Waals surface area contributed by atoms with Gasteiger partial charge < -0.3 is 14.6 Å². The zero-order valence-electron chi connectivity index (χ0n) is 13.9. The Morgan fingerprint density at radius 2 is 1.84 bits per heavy atom. The van der Waals surface area contributed by atoms with Crippen molar-refractivity contribution in [3.05, 3.63) is 65.4 Å². The smallest absolute Gasteiger partial charge is 0.336 e. The van der Waals surface area contributed by atoms with E-state index in [1.165, 1.54) is 0 Å². The van der Waals surface area contributed by atoms with Crippen molar-refractivity contribution in [2.24, 2.45) is 0 Å². The molecule has 126 valence electrons. The molecule has 0 atom stereocenters. The Kier molecular flexibility index (Phi) is 4.66. The second-order valence-corrected chi connectivity index (χ2v) is 5.33. The molecule has 5 heteroatoms. The van der Waals surface area contributed by atoms with Crippen molar-refractivity contribution in [2.45, 2.75) is 0 Å². The van der Waals surface area contributed by atoms with Gasteiger partial charge in [0.15, 0.2) is 11.5 Å². The van der Waals surface area contributed by atoms with E-state index in [2.05, 4.69) is 4.98 Å². The number of carboxylic acids is 1. The third kappa shape index (κ3) is 3.30. The van der Waals surface area contributed by atoms with E-state index in [0.717, 1.165) is 5.56 Å². The number of carboxylic acid groups (broad SMARTS) is 1. The SMILES string of the molecule is COc1cccc(C=Cc2cc(C(=O)O)c3ccccc3n2)c1OC. The fourth-order valence-corrected chi connectivity index (χ4v) is 2.68. The van der Waals surface area contributed by atoms with E-state index >= 15 is 0 Å². The highest BCUT2D eigenvalue weighted by molar-refractivity contribution is 6.03. The maximum absolute atomic E-state index is 11.5. The maximum Gasteiger partial charge on any atom is 0.336 e. The molecule has 0 radical (unpaired) electrons. The van der Waals surface area contributed by atoms with Gasteiger partial charge in [0.05, 0.1) is 31.0 Å². The molecule has 0 saturated heterocycles. The van der Waals surface area contributed by atoms with Crippen molar-refractivity contribution in [3.8, 4) is 11.5 Å². The lowest BCUT2D eigenvalue weighted by atomic mass is 10.1. The Bertz CT molecular complexity index is 963. The number of carbonyl (C=O) groups is 1. The molecule has 0 aliphatic rings. The largest absolute Gasteiger partial charge is 0.493 e. The number of fused-ring (bicyclic) bond motifs is 1. The number of aromatic carboxylic acids is 1. The zero-order valence-corrected chi connectivity index (χ0v) is 13.9. The topological polar surface area (TPSA) is 68.7 Å². The van der Waals surface area contributed by atoms with E-state index < -0.39 is 5.97 Å². The van der Waals surface area contributed by atoms with Crippen molar-refractivity contribution < 1.29 is 19.4 Å². The summed E-state index contributed by atoms with van der Waals surface area (Å²) in [7, 11) is 3.15. The van der Waals surface area contributed by atoms with E-state index in [4.69, 9.17) is 9.47 Å². The quantitative estimate of drug-likeness (QED) is 0.759. The number of para-hydroxylation sites is 2. The molecular weight excluding hydrogens is 318 g/mol. The Labute approximate surface area is 145 Å². The molecule has 5 nitrogen and oxygen atoms in total. The van der Waals surface area contributed by atoms with Gasteiger partial charge in [-0.25, -0.2) is 9.78 Å². The molecule has 0 bridgehead atoms. The van der Waals surface area contributed by atoms with E-state index in [-0.39, 0.29) is 5.56 Å². The van der Waals surface area contributed by atoms with Gasteiger partial charge in [0.25, 0.3) is 0 Å². The maximum atomic E-state index is 11.5. The van der Waals surface area contributed by atoms with Crippen LogP contribution in [0.1, 0.15) is 21.6 Å². The number of nitrogens with zero attached hydrogens (tertiary/aromatic N) is 1. The van der Waals surface area contributed by atoms with E-state index in [1.54, 1.807) is 44.6 Å². The Hall–Kier alpha value is -3.34. The predicted octanol–water partition coefficient (Wildman–Crippen LogP) is 4.12. The number of ether oxygens (including phenoxy) is 2. The summed E-state index contributed by atoms with van der Waals surface area (Å²) in [6.45, 7) is 0. The van der Waals surface area contributed by atoms with Crippen LogP contribution in [0.4, 0.5) is 0 Å². The number of benzene rings is 2. The summed E-state index contributed by atoms with van der Waals surface area (Å²) in [6, 6.07) is 14.3. The average Bonchev–Trinajstić information content (AvgIpc) is 2.64. The molecule has 0 aliphatic carbocycles. The van der Waals surface area contributed by atoms with Crippen LogP contribution in [0.5, 0.6) is 11.5 Å². The zero-order chi connectivity index (χ0) is 17.8. The van der Waals surface area contributed by atoms with Gasteiger partial charge in [-0.1, -0.05) is 30.3 Å². The minimum absolute atomic E-state index is 0.225. The molecule has 1 N–H and O–H groups in total. The van der Waals surface area contributed by atoms with Crippen molar-refractivity contribution in [2.75, 3.05) is 14.2 Å². The van der Waals surface area contributed by atoms with Gasteiger partial charge in [0.2, 0.25) is 0 Å². The fraction of sp³-hybridized carbons (Fsp3) is 0.100. The number of methoxy groups -OCH3 is 2. The first-order valence-corrected chi connectivity index (χ1v) is 7.66. The van der Waals surface area contributed by atoms with Crippen LogP contribution in [0.15, 0.2) is 48.5 Å². The number of rotatable bonds is 5. The van der Waals surface area contributed by atoms with Crippen LogP contribution in [-0.4, -0.2) is 30.3 Å². The Balaban J connectivity index is 2.07. The monoisotopic (exact) mass is 335 g/mol. The van der Waals surface area contributed by atoms with Gasteiger partial charge in [0, 0.05) is 10.9 Å². The molecule has 3 aromatic rings. The van der Waals surface area contributed by atoms with Gasteiger partial charge in [-0.15, -0.1) is 0 Å². The van der Waals surface area contributed by atoms with E-state index in [0.29, 0.717) is 28.1 Å². The van der Waals surface area contributed by atoms with Gasteiger partial charge >= 0.3 is 5.97 Å². The van der Waals surface area contributed by atoms with Crippen LogP contribution in [0, 0.1) is 0 Å². The molecule has 25 heavy (non-hydrogen) atoms. The predicted molar refractivity (Wildman–Crippen MR) is 97.2 cm³/mol. The van der Waals surface area contributed by atoms with E-state index in [9.17, 15) is 9.90 Å². The van der Waals surface area contributed by atoms with Crippen LogP contribution in [0.3, 0.4) is 0 Å². The van der Waals surface area contributed by atoms with Gasteiger partial charge in [-0.05, 0) is 30.4 Å². The van der Waals surface area contributed by atoms with Crippen molar-refractivity contribution in [1.82, 2.24) is 4.98 Å². The van der Waals surface area contributed by atoms with Crippen LogP contribution in [0.25, 0.3) is 23.1 Å². The van der Waals surface area contributed by atoms with Gasteiger partial charge in [0.1, 0.15) is 0 Å². The van der Waals surface area contributed by atoms with Gasteiger partial charge in [-0.2, -0.15) is 0 Å². The molecule has 0 fully saturated rings. The highest BCUT2D eigenvalue weighted by Gasteiger charge is 2.11. The van der Waals surface area contributed by atoms with Crippen LogP contribution in [0.2, 0.25) is 0 Å². The molecule has 2 aromatic carbocycles. The second kappa shape index (κ2) is 7.05. The minimum atomic E-state index is -0.979. The standard InChI is InChI=1S/C20H17NO4/c1-24-18-9-5-6-13(19(18)25-2)10-11-14-12-16(20(22)23)15-7-3-4-8-17(15)21-14/h3-12H,1-2H3,(H,22,23).